The van der Waals surface area contributed by atoms with E-state index in [1.165, 1.54) is 28.0 Å². The third-order valence-electron chi connectivity index (χ3n) is 5.59. The van der Waals surface area contributed by atoms with Crippen molar-refractivity contribution < 1.29 is 0 Å². The summed E-state index contributed by atoms with van der Waals surface area (Å²) in [6.45, 7) is 4.67. The fourth-order valence-corrected chi connectivity index (χ4v) is 4.37. The smallest absolute Gasteiger partial charge is 0.0511 e. The van der Waals surface area contributed by atoms with Crippen molar-refractivity contribution in [2.45, 2.75) is 25.8 Å². The second-order valence-corrected chi connectivity index (χ2v) is 7.20. The molecule has 0 spiro atoms. The molecule has 3 aromatic carbocycles. The Kier molecular flexibility index (Phi) is 4.62. The molecule has 0 bridgehead atoms. The lowest BCUT2D eigenvalue weighted by Gasteiger charge is -2.25. The third kappa shape index (κ3) is 3.06. The van der Waals surface area contributed by atoms with Gasteiger partial charge >= 0.3 is 0 Å². The zero-order valence-corrected chi connectivity index (χ0v) is 15.4. The van der Waals surface area contributed by atoms with Gasteiger partial charge in [0.05, 0.1) is 6.04 Å². The SMILES string of the molecule is CC1=C(c2ccccc2)[C@H](c2ccccc2)C(C)[C@@H]1Nc1ccccc1. The van der Waals surface area contributed by atoms with E-state index in [-0.39, 0.29) is 0 Å². The Bertz CT molecular complexity index is 881. The summed E-state index contributed by atoms with van der Waals surface area (Å²) >= 11 is 0. The van der Waals surface area contributed by atoms with E-state index in [4.69, 9.17) is 0 Å². The Morgan fingerprint density at radius 2 is 1.23 bits per heavy atom. The summed E-state index contributed by atoms with van der Waals surface area (Å²) < 4.78 is 0. The average Bonchev–Trinajstić information content (AvgIpc) is 2.95. The van der Waals surface area contributed by atoms with E-state index in [9.17, 15) is 0 Å². The summed E-state index contributed by atoms with van der Waals surface area (Å²) in [6.07, 6.45) is 0. The predicted octanol–water partition coefficient (Wildman–Crippen LogP) is 6.37. The van der Waals surface area contributed by atoms with E-state index in [1.54, 1.807) is 0 Å². The van der Waals surface area contributed by atoms with E-state index in [0.29, 0.717) is 17.9 Å². The molecule has 1 unspecified atom stereocenters. The number of rotatable bonds is 4. The molecule has 26 heavy (non-hydrogen) atoms. The summed E-state index contributed by atoms with van der Waals surface area (Å²) in [7, 11) is 0. The van der Waals surface area contributed by atoms with Crippen LogP contribution < -0.4 is 5.32 Å². The van der Waals surface area contributed by atoms with E-state index >= 15 is 0 Å². The van der Waals surface area contributed by atoms with Gasteiger partial charge in [-0.1, -0.05) is 85.8 Å². The first kappa shape index (κ1) is 16.7. The van der Waals surface area contributed by atoms with Crippen LogP contribution >= 0.6 is 0 Å². The van der Waals surface area contributed by atoms with Gasteiger partial charge in [0.25, 0.3) is 0 Å². The van der Waals surface area contributed by atoms with Crippen LogP contribution in [0.25, 0.3) is 5.57 Å². The monoisotopic (exact) mass is 339 g/mol. The van der Waals surface area contributed by atoms with Crippen LogP contribution in [0.5, 0.6) is 0 Å². The van der Waals surface area contributed by atoms with Crippen LogP contribution in [0.4, 0.5) is 5.69 Å². The Morgan fingerprint density at radius 1 is 0.692 bits per heavy atom. The molecule has 0 aliphatic heterocycles. The largest absolute Gasteiger partial charge is 0.378 e. The van der Waals surface area contributed by atoms with Crippen molar-refractivity contribution in [3.63, 3.8) is 0 Å². The number of nitrogens with one attached hydrogen (secondary N) is 1. The topological polar surface area (TPSA) is 12.0 Å². The van der Waals surface area contributed by atoms with Gasteiger partial charge < -0.3 is 5.32 Å². The average molecular weight is 339 g/mol. The fourth-order valence-electron chi connectivity index (χ4n) is 4.37. The Morgan fingerprint density at radius 3 is 1.85 bits per heavy atom. The minimum absolute atomic E-state index is 0.331. The maximum absolute atomic E-state index is 3.78. The lowest BCUT2D eigenvalue weighted by molar-refractivity contribution is 0.521. The highest BCUT2D eigenvalue weighted by molar-refractivity contribution is 5.79. The Labute approximate surface area is 156 Å². The Hall–Kier alpha value is -2.80. The number of allylic oxidation sites excluding steroid dienone is 1. The molecule has 0 radical (unpaired) electrons. The summed E-state index contributed by atoms with van der Waals surface area (Å²) in [5.41, 5.74) is 6.84. The van der Waals surface area contributed by atoms with Crippen molar-refractivity contribution in [3.8, 4) is 0 Å². The van der Waals surface area contributed by atoms with E-state index in [0.717, 1.165) is 0 Å². The van der Waals surface area contributed by atoms with Crippen LogP contribution in [0.1, 0.15) is 30.9 Å². The van der Waals surface area contributed by atoms with Crippen molar-refractivity contribution in [1.82, 2.24) is 0 Å². The summed E-state index contributed by atoms with van der Waals surface area (Å²) in [5.74, 6) is 0.882. The van der Waals surface area contributed by atoms with Gasteiger partial charge in [-0.05, 0) is 47.2 Å². The fraction of sp³-hybridized carbons (Fsp3) is 0.200. The summed E-state index contributed by atoms with van der Waals surface area (Å²) in [6, 6.07) is 32.7. The molecule has 0 heterocycles. The molecule has 0 amide bonds. The molecule has 3 aromatic rings. The summed E-state index contributed by atoms with van der Waals surface area (Å²) in [5, 5.41) is 3.78. The molecule has 1 nitrogen and oxygen atoms in total. The van der Waals surface area contributed by atoms with Crippen LogP contribution in [0.2, 0.25) is 0 Å². The molecule has 0 saturated heterocycles. The van der Waals surface area contributed by atoms with Gasteiger partial charge in [-0.15, -0.1) is 0 Å². The third-order valence-corrected chi connectivity index (χ3v) is 5.59. The zero-order chi connectivity index (χ0) is 17.9. The summed E-state index contributed by atoms with van der Waals surface area (Å²) in [4.78, 5) is 0. The normalized spacial score (nSPS) is 22.5. The lowest BCUT2D eigenvalue weighted by Crippen LogP contribution is -2.27. The quantitative estimate of drug-likeness (QED) is 0.582. The van der Waals surface area contributed by atoms with Crippen LogP contribution in [-0.4, -0.2) is 6.04 Å². The van der Waals surface area contributed by atoms with Crippen molar-refractivity contribution in [3.05, 3.63) is 108 Å². The van der Waals surface area contributed by atoms with Gasteiger partial charge in [0.1, 0.15) is 0 Å². The highest BCUT2D eigenvalue weighted by atomic mass is 14.9. The van der Waals surface area contributed by atoms with E-state index < -0.39 is 0 Å². The van der Waals surface area contributed by atoms with Crippen LogP contribution in [0.15, 0.2) is 96.6 Å². The minimum atomic E-state index is 0.331. The first-order chi connectivity index (χ1) is 12.8. The van der Waals surface area contributed by atoms with E-state index in [1.807, 2.05) is 0 Å². The van der Waals surface area contributed by atoms with Gasteiger partial charge in [-0.2, -0.15) is 0 Å². The number of hydrogen-bond acceptors (Lipinski definition) is 1. The molecule has 4 rings (SSSR count). The number of benzene rings is 3. The van der Waals surface area contributed by atoms with Crippen LogP contribution in [0, 0.1) is 5.92 Å². The predicted molar refractivity (Wildman–Crippen MR) is 111 cm³/mol. The molecule has 130 valence electrons. The first-order valence-corrected chi connectivity index (χ1v) is 9.38. The standard InChI is InChI=1S/C25H25N/c1-18-23(20-12-6-3-7-13-20)24(21-14-8-4-9-15-21)19(2)25(18)26-22-16-10-5-11-17-22/h3-18,23,25-26H,1-2H3/t18?,23-,25-/m0/s1. The molecular weight excluding hydrogens is 314 g/mol. The molecule has 0 saturated carbocycles. The van der Waals surface area contributed by atoms with Gasteiger partial charge in [0, 0.05) is 11.6 Å². The number of anilines is 1. The van der Waals surface area contributed by atoms with Crippen molar-refractivity contribution in [2.75, 3.05) is 5.32 Å². The molecule has 0 aromatic heterocycles. The van der Waals surface area contributed by atoms with Crippen molar-refractivity contribution in [1.29, 1.82) is 0 Å². The van der Waals surface area contributed by atoms with Crippen LogP contribution in [-0.2, 0) is 0 Å². The molecule has 1 aliphatic carbocycles. The maximum atomic E-state index is 3.78. The molecule has 0 fully saturated rings. The second kappa shape index (κ2) is 7.21. The molecule has 1 aliphatic rings. The van der Waals surface area contributed by atoms with Crippen LogP contribution in [0.3, 0.4) is 0 Å². The van der Waals surface area contributed by atoms with Gasteiger partial charge in [0.2, 0.25) is 0 Å². The van der Waals surface area contributed by atoms with Crippen molar-refractivity contribution in [2.24, 2.45) is 5.92 Å². The maximum Gasteiger partial charge on any atom is 0.0511 e. The van der Waals surface area contributed by atoms with Gasteiger partial charge in [-0.25, -0.2) is 0 Å². The highest BCUT2D eigenvalue weighted by Crippen LogP contribution is 2.49. The molecule has 1 N–H and O–H groups in total. The molecule has 1 heteroatoms. The Balaban J connectivity index is 1.79. The molecular formula is C25H25N. The highest BCUT2D eigenvalue weighted by Gasteiger charge is 2.39. The lowest BCUT2D eigenvalue weighted by atomic mass is 9.82. The van der Waals surface area contributed by atoms with Gasteiger partial charge in [-0.3, -0.25) is 0 Å². The van der Waals surface area contributed by atoms with Crippen molar-refractivity contribution >= 4 is 11.3 Å². The minimum Gasteiger partial charge on any atom is -0.378 e. The zero-order valence-electron chi connectivity index (χ0n) is 15.4. The second-order valence-electron chi connectivity index (χ2n) is 7.20. The number of hydrogen-bond donors (Lipinski definition) is 1. The number of para-hydroxylation sites is 1. The van der Waals surface area contributed by atoms with E-state index in [2.05, 4.69) is 110 Å². The van der Waals surface area contributed by atoms with Gasteiger partial charge in [0.15, 0.2) is 0 Å². The molecule has 3 atom stereocenters. The first-order valence-electron chi connectivity index (χ1n) is 9.38.